The van der Waals surface area contributed by atoms with E-state index in [9.17, 15) is 0 Å². The first-order valence-corrected chi connectivity index (χ1v) is 6.80. The molecule has 1 nitrogen and oxygen atoms in total. The molecule has 1 N–H and O–H groups in total. The molecule has 0 aliphatic carbocycles. The second-order valence-corrected chi connectivity index (χ2v) is 5.38. The number of fused-ring (bicyclic) bond motifs is 5. The Kier molecular flexibility index (Phi) is 1.76. The van der Waals surface area contributed by atoms with Gasteiger partial charge in [-0.2, -0.15) is 0 Å². The van der Waals surface area contributed by atoms with Crippen LogP contribution in [0.2, 0.25) is 0 Å². The highest BCUT2D eigenvalue weighted by molar-refractivity contribution is 6.69. The minimum absolute atomic E-state index is 0.769. The van der Waals surface area contributed by atoms with Crippen molar-refractivity contribution >= 4 is 47.3 Å². The molecule has 0 amide bonds. The summed E-state index contributed by atoms with van der Waals surface area (Å²) < 4.78 is 0. The van der Waals surface area contributed by atoms with Crippen LogP contribution < -0.4 is 10.5 Å². The Morgan fingerprint density at radius 3 is 2.65 bits per heavy atom. The molecule has 0 aromatic heterocycles. The molecule has 1 aliphatic heterocycles. The Morgan fingerprint density at radius 2 is 1.65 bits per heavy atom. The van der Waals surface area contributed by atoms with E-state index >= 15 is 0 Å². The molecular formula is C15H10NSi. The fourth-order valence-electron chi connectivity index (χ4n) is 2.55. The van der Waals surface area contributed by atoms with Gasteiger partial charge in [-0.15, -0.1) is 0 Å². The summed E-state index contributed by atoms with van der Waals surface area (Å²) in [6.45, 7) is 0. The highest BCUT2D eigenvalue weighted by atomic mass is 28.2. The molecule has 0 atom stereocenters. The van der Waals surface area contributed by atoms with Crippen LogP contribution in [0.3, 0.4) is 0 Å². The summed E-state index contributed by atoms with van der Waals surface area (Å²) in [5, 5.41) is 10.2. The lowest BCUT2D eigenvalue weighted by Gasteiger charge is -2.08. The van der Waals surface area contributed by atoms with Crippen LogP contribution in [-0.4, -0.2) is 14.9 Å². The largest absolute Gasteiger partial charge is 0.366 e. The van der Waals surface area contributed by atoms with Crippen LogP contribution in [0.5, 0.6) is 0 Å². The maximum atomic E-state index is 3.33. The first kappa shape index (κ1) is 9.13. The molecule has 4 rings (SSSR count). The Bertz CT molecular complexity index is 774. The van der Waals surface area contributed by atoms with Crippen LogP contribution in [0.15, 0.2) is 48.5 Å². The SMILES string of the molecule is C1=[Si]c2c(ccc3c2ccc2ccccc23)N1. The van der Waals surface area contributed by atoms with Gasteiger partial charge in [-0.25, -0.2) is 0 Å². The second kappa shape index (κ2) is 3.28. The minimum atomic E-state index is 0.769. The normalized spacial score (nSPS) is 12.9. The summed E-state index contributed by atoms with van der Waals surface area (Å²) in [4.78, 5) is 0. The molecule has 79 valence electrons. The Morgan fingerprint density at radius 1 is 0.765 bits per heavy atom. The number of nitrogens with one attached hydrogen (secondary N) is 1. The van der Waals surface area contributed by atoms with Crippen molar-refractivity contribution in [2.75, 3.05) is 5.32 Å². The molecule has 3 aromatic carbocycles. The van der Waals surface area contributed by atoms with Crippen molar-refractivity contribution in [3.05, 3.63) is 48.5 Å². The van der Waals surface area contributed by atoms with Crippen molar-refractivity contribution in [2.24, 2.45) is 0 Å². The third-order valence-electron chi connectivity index (χ3n) is 3.37. The predicted octanol–water partition coefficient (Wildman–Crippen LogP) is 2.51. The van der Waals surface area contributed by atoms with Crippen LogP contribution >= 0.6 is 0 Å². The smallest absolute Gasteiger partial charge is 0.0844 e. The van der Waals surface area contributed by atoms with Crippen molar-refractivity contribution in [2.45, 2.75) is 0 Å². The van der Waals surface area contributed by atoms with Gasteiger partial charge in [0.2, 0.25) is 0 Å². The van der Waals surface area contributed by atoms with E-state index in [-0.39, 0.29) is 0 Å². The van der Waals surface area contributed by atoms with Crippen molar-refractivity contribution in [1.29, 1.82) is 0 Å². The minimum Gasteiger partial charge on any atom is -0.366 e. The van der Waals surface area contributed by atoms with Gasteiger partial charge in [0.15, 0.2) is 0 Å². The molecule has 2 heteroatoms. The van der Waals surface area contributed by atoms with Crippen molar-refractivity contribution in [3.63, 3.8) is 0 Å². The molecule has 0 saturated heterocycles. The summed E-state index contributed by atoms with van der Waals surface area (Å²) in [5.74, 6) is 2.15. The first-order chi connectivity index (χ1) is 8.43. The molecule has 0 spiro atoms. The van der Waals surface area contributed by atoms with E-state index in [4.69, 9.17) is 0 Å². The molecule has 1 heterocycles. The average molecular weight is 232 g/mol. The molecular weight excluding hydrogens is 222 g/mol. The zero-order valence-corrected chi connectivity index (χ0v) is 10.2. The summed E-state index contributed by atoms with van der Waals surface area (Å²) >= 11 is 0. The number of anilines is 1. The first-order valence-electron chi connectivity index (χ1n) is 5.73. The van der Waals surface area contributed by atoms with Gasteiger partial charge < -0.3 is 5.32 Å². The topological polar surface area (TPSA) is 12.0 Å². The van der Waals surface area contributed by atoms with E-state index in [1.54, 1.807) is 0 Å². The van der Waals surface area contributed by atoms with Crippen LogP contribution in [-0.2, 0) is 0 Å². The van der Waals surface area contributed by atoms with E-state index in [2.05, 4.69) is 59.6 Å². The third-order valence-corrected chi connectivity index (χ3v) is 4.49. The fourth-order valence-corrected chi connectivity index (χ4v) is 3.61. The monoisotopic (exact) mass is 232 g/mol. The van der Waals surface area contributed by atoms with Crippen molar-refractivity contribution < 1.29 is 0 Å². The molecule has 0 fully saturated rings. The summed E-state index contributed by atoms with van der Waals surface area (Å²) in [6, 6.07) is 17.5. The average Bonchev–Trinajstić information content (AvgIpc) is 2.86. The van der Waals surface area contributed by atoms with E-state index in [0.717, 1.165) is 9.13 Å². The van der Waals surface area contributed by atoms with Gasteiger partial charge in [-0.3, -0.25) is 0 Å². The number of rotatable bonds is 0. The maximum absolute atomic E-state index is 3.33. The Hall–Kier alpha value is -1.93. The highest BCUT2D eigenvalue weighted by Gasteiger charge is 2.10. The van der Waals surface area contributed by atoms with E-state index < -0.39 is 0 Å². The Labute approximate surface area is 102 Å². The number of hydrogen-bond acceptors (Lipinski definition) is 1. The van der Waals surface area contributed by atoms with Gasteiger partial charge >= 0.3 is 0 Å². The van der Waals surface area contributed by atoms with Crippen LogP contribution in [0, 0.1) is 0 Å². The van der Waals surface area contributed by atoms with E-state index in [1.165, 1.54) is 32.4 Å². The standard InChI is InChI=1S/C15H10NSi/c1-2-4-11-10(3-1)5-6-13-12(11)7-8-14-15(13)17-9-16-14/h1-9,16H. The van der Waals surface area contributed by atoms with Crippen molar-refractivity contribution in [3.8, 4) is 0 Å². The zero-order valence-electron chi connectivity index (χ0n) is 9.20. The predicted molar refractivity (Wildman–Crippen MR) is 76.5 cm³/mol. The van der Waals surface area contributed by atoms with Crippen molar-refractivity contribution in [1.82, 2.24) is 0 Å². The Balaban J connectivity index is 2.25. The van der Waals surface area contributed by atoms with Gasteiger partial charge in [0.25, 0.3) is 0 Å². The van der Waals surface area contributed by atoms with Gasteiger partial charge in [0.1, 0.15) is 0 Å². The molecule has 1 radical (unpaired) electrons. The van der Waals surface area contributed by atoms with Gasteiger partial charge in [0.05, 0.1) is 9.13 Å². The molecule has 3 aromatic rings. The molecule has 1 aliphatic rings. The van der Waals surface area contributed by atoms with Gasteiger partial charge in [-0.05, 0) is 38.6 Å². The summed E-state index contributed by atoms with van der Waals surface area (Å²) in [7, 11) is 0.769. The van der Waals surface area contributed by atoms with Crippen LogP contribution in [0.4, 0.5) is 5.69 Å². The van der Waals surface area contributed by atoms with Crippen LogP contribution in [0.1, 0.15) is 0 Å². The quantitative estimate of drug-likeness (QED) is 0.464. The molecule has 17 heavy (non-hydrogen) atoms. The lowest BCUT2D eigenvalue weighted by atomic mass is 10.0. The van der Waals surface area contributed by atoms with E-state index in [0.29, 0.717) is 0 Å². The third kappa shape index (κ3) is 1.21. The lowest BCUT2D eigenvalue weighted by Crippen LogP contribution is -2.06. The number of hydrogen-bond donors (Lipinski definition) is 1. The molecule has 0 bridgehead atoms. The summed E-state index contributed by atoms with van der Waals surface area (Å²) in [5.41, 5.74) is 1.27. The van der Waals surface area contributed by atoms with E-state index in [1.807, 2.05) is 0 Å². The maximum Gasteiger partial charge on any atom is 0.0844 e. The highest BCUT2D eigenvalue weighted by Crippen LogP contribution is 2.26. The number of benzene rings is 3. The fraction of sp³-hybridized carbons (Fsp3) is 0. The molecule has 0 saturated carbocycles. The summed E-state index contributed by atoms with van der Waals surface area (Å²) in [6.07, 6.45) is 0. The second-order valence-electron chi connectivity index (χ2n) is 4.30. The zero-order chi connectivity index (χ0) is 11.2. The van der Waals surface area contributed by atoms with Crippen LogP contribution in [0.25, 0.3) is 21.5 Å². The van der Waals surface area contributed by atoms with Gasteiger partial charge in [-0.1, -0.05) is 42.5 Å². The lowest BCUT2D eigenvalue weighted by molar-refractivity contribution is 1.76. The molecule has 0 unspecified atom stereocenters. The van der Waals surface area contributed by atoms with Gasteiger partial charge in [0, 0.05) is 5.69 Å².